The molecule has 0 saturated carbocycles. The summed E-state index contributed by atoms with van der Waals surface area (Å²) in [5.74, 6) is -0.208. The van der Waals surface area contributed by atoms with Crippen LogP contribution in [-0.4, -0.2) is 48.0 Å². The number of rotatable bonds is 6. The highest BCUT2D eigenvalue weighted by Crippen LogP contribution is 2.40. The number of aliphatic carboxylic acids is 1. The molecule has 27 heavy (non-hydrogen) atoms. The highest BCUT2D eigenvalue weighted by atomic mass is 32.2. The number of piperazine rings is 1. The minimum Gasteiger partial charge on any atom is -0.481 e. The van der Waals surface area contributed by atoms with Crippen molar-refractivity contribution in [2.45, 2.75) is 10.6 Å². The lowest BCUT2D eigenvalue weighted by molar-refractivity contribution is -0.136. The number of anilines is 1. The third-order valence-electron chi connectivity index (χ3n) is 4.54. The fourth-order valence-electron chi connectivity index (χ4n) is 3.13. The third-order valence-corrected chi connectivity index (χ3v) is 6.92. The lowest BCUT2D eigenvalue weighted by Gasteiger charge is -2.26. The Kier molecular flexibility index (Phi) is 5.61. The lowest BCUT2D eigenvalue weighted by atomic mass is 10.1. The summed E-state index contributed by atoms with van der Waals surface area (Å²) in [6, 6.07) is 14.7. The fraction of sp³-hybridized carbons (Fsp3) is 0.300. The van der Waals surface area contributed by atoms with E-state index in [2.05, 4.69) is 40.5 Å². The van der Waals surface area contributed by atoms with Gasteiger partial charge in [-0.15, -0.1) is 11.8 Å². The van der Waals surface area contributed by atoms with Gasteiger partial charge in [-0.2, -0.15) is 0 Å². The molecule has 1 aliphatic heterocycles. The molecule has 0 spiro atoms. The number of benzene rings is 2. The summed E-state index contributed by atoms with van der Waals surface area (Å²) in [6.45, 7) is 3.83. The SMILES string of the molecule is O=C(O)CCSc1sc(N2CCNCC2)nc1-c1ccc2ccccc2c1. The Labute approximate surface area is 166 Å². The van der Waals surface area contributed by atoms with Crippen molar-refractivity contribution in [3.63, 3.8) is 0 Å². The zero-order valence-electron chi connectivity index (χ0n) is 14.9. The van der Waals surface area contributed by atoms with Gasteiger partial charge in [0.25, 0.3) is 0 Å². The molecule has 0 atom stereocenters. The van der Waals surface area contributed by atoms with Crippen molar-refractivity contribution < 1.29 is 9.90 Å². The van der Waals surface area contributed by atoms with Gasteiger partial charge in [-0.3, -0.25) is 4.79 Å². The number of carbonyl (C=O) groups is 1. The van der Waals surface area contributed by atoms with Crippen LogP contribution in [-0.2, 0) is 4.79 Å². The molecule has 2 N–H and O–H groups in total. The maximum absolute atomic E-state index is 10.9. The maximum atomic E-state index is 10.9. The first-order valence-corrected chi connectivity index (χ1v) is 10.8. The van der Waals surface area contributed by atoms with E-state index in [0.717, 1.165) is 46.8 Å². The van der Waals surface area contributed by atoms with Crippen LogP contribution >= 0.6 is 23.1 Å². The van der Waals surface area contributed by atoms with E-state index >= 15 is 0 Å². The first-order valence-electron chi connectivity index (χ1n) is 9.01. The zero-order valence-corrected chi connectivity index (χ0v) is 16.5. The first-order chi connectivity index (χ1) is 13.2. The average Bonchev–Trinajstić information content (AvgIpc) is 3.12. The highest BCUT2D eigenvalue weighted by Gasteiger charge is 2.20. The molecule has 3 aromatic rings. The Morgan fingerprint density at radius 3 is 2.74 bits per heavy atom. The van der Waals surface area contributed by atoms with Crippen molar-refractivity contribution in [3.05, 3.63) is 42.5 Å². The van der Waals surface area contributed by atoms with Gasteiger partial charge in [-0.1, -0.05) is 47.7 Å². The van der Waals surface area contributed by atoms with Crippen molar-refractivity contribution in [1.29, 1.82) is 0 Å². The van der Waals surface area contributed by atoms with E-state index in [1.165, 1.54) is 10.8 Å². The Bertz CT molecular complexity index is 951. The number of nitrogens with zero attached hydrogens (tertiary/aromatic N) is 2. The summed E-state index contributed by atoms with van der Waals surface area (Å²) in [5, 5.41) is 15.8. The number of carboxylic acids is 1. The van der Waals surface area contributed by atoms with Gasteiger partial charge in [0.2, 0.25) is 0 Å². The van der Waals surface area contributed by atoms with Crippen LogP contribution in [0, 0.1) is 0 Å². The molecule has 0 aliphatic carbocycles. The van der Waals surface area contributed by atoms with Crippen LogP contribution in [0.5, 0.6) is 0 Å². The van der Waals surface area contributed by atoms with Gasteiger partial charge in [0.15, 0.2) is 5.13 Å². The highest BCUT2D eigenvalue weighted by molar-refractivity contribution is 8.01. The van der Waals surface area contributed by atoms with E-state index < -0.39 is 5.97 Å². The smallest absolute Gasteiger partial charge is 0.304 e. The van der Waals surface area contributed by atoms with Gasteiger partial charge < -0.3 is 15.3 Å². The standard InChI is InChI=1S/C20H21N3O2S2/c24-17(25)7-12-26-19-18(22-20(27-19)23-10-8-21-9-11-23)16-6-5-14-3-1-2-4-15(14)13-16/h1-6,13,21H,7-12H2,(H,24,25). The predicted octanol–water partition coefficient (Wildman–Crippen LogP) is 3.94. The van der Waals surface area contributed by atoms with E-state index in [-0.39, 0.29) is 6.42 Å². The van der Waals surface area contributed by atoms with E-state index in [0.29, 0.717) is 5.75 Å². The molecule has 1 saturated heterocycles. The molecule has 0 unspecified atom stereocenters. The summed E-state index contributed by atoms with van der Waals surface area (Å²) >= 11 is 3.27. The second-order valence-corrected chi connectivity index (χ2v) is 8.76. The minimum absolute atomic E-state index is 0.155. The molecule has 1 fully saturated rings. The maximum Gasteiger partial charge on any atom is 0.304 e. The number of nitrogens with one attached hydrogen (secondary N) is 1. The molecule has 0 amide bonds. The van der Waals surface area contributed by atoms with Gasteiger partial charge in [0.05, 0.1) is 16.3 Å². The number of thiazole rings is 1. The van der Waals surface area contributed by atoms with Crippen LogP contribution in [0.3, 0.4) is 0 Å². The van der Waals surface area contributed by atoms with Crippen LogP contribution in [0.2, 0.25) is 0 Å². The Hall–Kier alpha value is -2.09. The largest absolute Gasteiger partial charge is 0.481 e. The average molecular weight is 400 g/mol. The van der Waals surface area contributed by atoms with Crippen molar-refractivity contribution in [3.8, 4) is 11.3 Å². The fourth-order valence-corrected chi connectivity index (χ4v) is 5.48. The quantitative estimate of drug-likeness (QED) is 0.612. The molecule has 2 aromatic carbocycles. The molecule has 0 bridgehead atoms. The Morgan fingerprint density at radius 2 is 1.96 bits per heavy atom. The molecule has 5 nitrogen and oxygen atoms in total. The normalized spacial score (nSPS) is 14.6. The summed E-state index contributed by atoms with van der Waals surface area (Å²) in [4.78, 5) is 18.2. The van der Waals surface area contributed by atoms with Gasteiger partial charge >= 0.3 is 5.97 Å². The number of thioether (sulfide) groups is 1. The van der Waals surface area contributed by atoms with Crippen molar-refractivity contribution in [2.75, 3.05) is 36.8 Å². The molecule has 2 heterocycles. The molecule has 1 aliphatic rings. The molecule has 0 radical (unpaired) electrons. The molecule has 4 rings (SSSR count). The van der Waals surface area contributed by atoms with Gasteiger partial charge in [-0.25, -0.2) is 4.98 Å². The third kappa shape index (κ3) is 4.26. The minimum atomic E-state index is -0.762. The Balaban J connectivity index is 1.68. The van der Waals surface area contributed by atoms with E-state index in [1.807, 2.05) is 12.1 Å². The topological polar surface area (TPSA) is 65.5 Å². The van der Waals surface area contributed by atoms with Crippen LogP contribution < -0.4 is 10.2 Å². The van der Waals surface area contributed by atoms with Crippen LogP contribution in [0.25, 0.3) is 22.0 Å². The van der Waals surface area contributed by atoms with E-state index in [9.17, 15) is 4.79 Å². The number of aromatic nitrogens is 1. The molecule has 7 heteroatoms. The summed E-state index contributed by atoms with van der Waals surface area (Å²) in [6.07, 6.45) is 0.155. The number of carboxylic acid groups (broad SMARTS) is 1. The van der Waals surface area contributed by atoms with Crippen LogP contribution in [0.4, 0.5) is 5.13 Å². The number of hydrogen-bond acceptors (Lipinski definition) is 6. The van der Waals surface area contributed by atoms with Crippen LogP contribution in [0.15, 0.2) is 46.7 Å². The van der Waals surface area contributed by atoms with Crippen molar-refractivity contribution >= 4 is 45.0 Å². The van der Waals surface area contributed by atoms with Gasteiger partial charge in [0.1, 0.15) is 0 Å². The summed E-state index contributed by atoms with van der Waals surface area (Å²) < 4.78 is 1.10. The van der Waals surface area contributed by atoms with Crippen LogP contribution in [0.1, 0.15) is 6.42 Å². The van der Waals surface area contributed by atoms with Gasteiger partial charge in [-0.05, 0) is 16.8 Å². The predicted molar refractivity (Wildman–Crippen MR) is 113 cm³/mol. The van der Waals surface area contributed by atoms with Gasteiger partial charge in [0, 0.05) is 37.5 Å². The molecular weight excluding hydrogens is 378 g/mol. The summed E-state index contributed by atoms with van der Waals surface area (Å²) in [7, 11) is 0. The van der Waals surface area contributed by atoms with E-state index in [1.54, 1.807) is 23.1 Å². The monoisotopic (exact) mass is 399 g/mol. The molecule has 1 aromatic heterocycles. The van der Waals surface area contributed by atoms with Crippen molar-refractivity contribution in [1.82, 2.24) is 10.3 Å². The zero-order chi connectivity index (χ0) is 18.6. The number of hydrogen-bond donors (Lipinski definition) is 2. The second-order valence-electron chi connectivity index (χ2n) is 6.42. The summed E-state index contributed by atoms with van der Waals surface area (Å²) in [5.41, 5.74) is 2.05. The lowest BCUT2D eigenvalue weighted by Crippen LogP contribution is -2.43. The van der Waals surface area contributed by atoms with Crippen molar-refractivity contribution in [2.24, 2.45) is 0 Å². The number of fused-ring (bicyclic) bond motifs is 1. The van der Waals surface area contributed by atoms with E-state index in [4.69, 9.17) is 10.1 Å². The molecule has 140 valence electrons. The Morgan fingerprint density at radius 1 is 1.19 bits per heavy atom. The molecular formula is C20H21N3O2S2. The second kappa shape index (κ2) is 8.29. The first kappa shape index (κ1) is 18.3.